The van der Waals surface area contributed by atoms with E-state index in [1.54, 1.807) is 0 Å². The second-order valence-electron chi connectivity index (χ2n) is 1.56. The van der Waals surface area contributed by atoms with Crippen LogP contribution in [0.25, 0.3) is 0 Å². The number of thiocarbonyl (C=S) groups is 1. The third-order valence-electron chi connectivity index (χ3n) is 1.12. The summed E-state index contributed by atoms with van der Waals surface area (Å²) >= 11 is 6.08. The Morgan fingerprint density at radius 1 is 1.56 bits per heavy atom. The second kappa shape index (κ2) is 5.02. The fraction of sp³-hybridized carbons (Fsp3) is 0.800. The summed E-state index contributed by atoms with van der Waals surface area (Å²) in [5.74, 6) is 0. The van der Waals surface area contributed by atoms with E-state index in [0.29, 0.717) is 0 Å². The quantitative estimate of drug-likeness (QED) is 0.367. The van der Waals surface area contributed by atoms with E-state index < -0.39 is 0 Å². The first-order valence-electron chi connectivity index (χ1n) is 2.91. The molecule has 0 fully saturated rings. The van der Waals surface area contributed by atoms with Crippen LogP contribution in [0.3, 0.4) is 0 Å². The minimum absolute atomic E-state index is 0.778. The zero-order valence-corrected chi connectivity index (χ0v) is 7.39. The van der Waals surface area contributed by atoms with Gasteiger partial charge in [0.2, 0.25) is 0 Å². The van der Waals surface area contributed by atoms with E-state index in [-0.39, 0.29) is 0 Å². The average Bonchev–Trinajstić information content (AvgIpc) is 1.90. The molecule has 0 aliphatic carbocycles. The largest absolute Gasteiger partial charge is 0.565 e. The highest BCUT2D eigenvalue weighted by Crippen LogP contribution is 1.97. The normalized spacial score (nSPS) is 9.22. The van der Waals surface area contributed by atoms with Crippen LogP contribution in [0.1, 0.15) is 13.8 Å². The molecule has 0 amide bonds. The Labute approximate surface area is 65.9 Å². The maximum Gasteiger partial charge on any atom is 0.565 e. The standard InChI is InChI=1S/C5H12N2S2/c1-3-7(4-2)5(8)9-6/h3-4,6H2,1-2H3/q+1. The molecule has 9 heavy (non-hydrogen) atoms. The summed E-state index contributed by atoms with van der Waals surface area (Å²) in [5, 5.41) is 5.26. The molecule has 0 saturated heterocycles. The number of nitrogens with two attached hydrogens (primary N) is 1. The maximum atomic E-state index is 5.26. The second-order valence-corrected chi connectivity index (χ2v) is 2.82. The molecule has 4 heteroatoms. The van der Waals surface area contributed by atoms with Crippen LogP contribution in [0.15, 0.2) is 0 Å². The Morgan fingerprint density at radius 3 is 2.11 bits per heavy atom. The molecule has 0 bridgehead atoms. The summed E-state index contributed by atoms with van der Waals surface area (Å²) < 4.78 is 0.778. The van der Waals surface area contributed by atoms with Crippen molar-refractivity contribution in [2.75, 3.05) is 13.1 Å². The van der Waals surface area contributed by atoms with E-state index in [1.165, 1.54) is 0 Å². The first-order valence-corrected chi connectivity index (χ1v) is 4.20. The summed E-state index contributed by atoms with van der Waals surface area (Å²) in [4.78, 5) is 2.04. The van der Waals surface area contributed by atoms with Crippen molar-refractivity contribution in [2.45, 2.75) is 13.8 Å². The third-order valence-corrected chi connectivity index (χ3v) is 2.13. The molecule has 2 nitrogen and oxygen atoms in total. The van der Waals surface area contributed by atoms with Crippen molar-refractivity contribution in [1.82, 2.24) is 4.90 Å². The van der Waals surface area contributed by atoms with Gasteiger partial charge in [-0.3, -0.25) is 5.14 Å². The Kier molecular flexibility index (Phi) is 5.13. The van der Waals surface area contributed by atoms with Gasteiger partial charge in [0.1, 0.15) is 0 Å². The molecule has 0 rings (SSSR count). The van der Waals surface area contributed by atoms with Gasteiger partial charge < -0.3 is 4.90 Å². The molecule has 0 aliphatic rings. The SMILES string of the molecule is CCN(CC)C(=[S+])SN. The Morgan fingerprint density at radius 2 is 2.00 bits per heavy atom. The van der Waals surface area contributed by atoms with E-state index in [9.17, 15) is 0 Å². The topological polar surface area (TPSA) is 29.3 Å². The van der Waals surface area contributed by atoms with Crippen molar-refractivity contribution in [3.63, 3.8) is 0 Å². The Hall–Kier alpha value is 0.200. The molecular weight excluding hydrogens is 152 g/mol. The fourth-order valence-electron chi connectivity index (χ4n) is 0.556. The average molecular weight is 164 g/mol. The monoisotopic (exact) mass is 164 g/mol. The molecule has 2 N–H and O–H groups in total. The predicted octanol–water partition coefficient (Wildman–Crippen LogP) is 0.569. The van der Waals surface area contributed by atoms with E-state index in [0.717, 1.165) is 29.4 Å². The Balaban J connectivity index is 3.64. The lowest BCUT2D eigenvalue weighted by Crippen LogP contribution is -2.28. The van der Waals surface area contributed by atoms with Gasteiger partial charge in [0.05, 0.1) is 0 Å². The summed E-state index contributed by atoms with van der Waals surface area (Å²) in [5.41, 5.74) is 0. The minimum Gasteiger partial charge on any atom is -0.313 e. The van der Waals surface area contributed by atoms with E-state index in [2.05, 4.69) is 13.8 Å². The van der Waals surface area contributed by atoms with E-state index in [4.69, 9.17) is 17.4 Å². The minimum atomic E-state index is 0.778. The maximum absolute atomic E-state index is 5.26. The van der Waals surface area contributed by atoms with Crippen LogP contribution in [-0.4, -0.2) is 22.3 Å². The van der Waals surface area contributed by atoms with Gasteiger partial charge >= 0.3 is 16.5 Å². The molecule has 0 aromatic carbocycles. The van der Waals surface area contributed by atoms with Gasteiger partial charge in [0, 0.05) is 25.0 Å². The van der Waals surface area contributed by atoms with E-state index >= 15 is 0 Å². The number of hydrogen-bond donors (Lipinski definition) is 1. The molecule has 0 saturated carbocycles. The van der Waals surface area contributed by atoms with Crippen LogP contribution < -0.4 is 5.14 Å². The lowest BCUT2D eigenvalue weighted by Gasteiger charge is -2.11. The molecular formula is C5H12N2S2+. The summed E-state index contributed by atoms with van der Waals surface area (Å²) in [6, 6.07) is 0. The van der Waals surface area contributed by atoms with Gasteiger partial charge in [0.25, 0.3) is 0 Å². The van der Waals surface area contributed by atoms with Gasteiger partial charge in [0.15, 0.2) is 0 Å². The first-order chi connectivity index (χ1) is 4.26. The smallest absolute Gasteiger partial charge is 0.313 e. The molecule has 0 aromatic rings. The first kappa shape index (κ1) is 9.20. The van der Waals surface area contributed by atoms with Gasteiger partial charge in [-0.2, -0.15) is 0 Å². The van der Waals surface area contributed by atoms with Crippen molar-refractivity contribution in [2.24, 2.45) is 5.14 Å². The number of rotatable bonds is 2. The van der Waals surface area contributed by atoms with Gasteiger partial charge in [-0.05, 0) is 13.8 Å². The van der Waals surface area contributed by atoms with Crippen LogP contribution in [0, 0.1) is 0 Å². The van der Waals surface area contributed by atoms with Crippen molar-refractivity contribution in [1.29, 1.82) is 0 Å². The lowest BCUT2D eigenvalue weighted by molar-refractivity contribution is 0.482. The molecule has 0 aromatic heterocycles. The zero-order chi connectivity index (χ0) is 7.28. The van der Waals surface area contributed by atoms with Crippen LogP contribution in [0.4, 0.5) is 0 Å². The predicted molar refractivity (Wildman–Crippen MR) is 47.1 cm³/mol. The number of nitrogens with zero attached hydrogens (tertiary/aromatic N) is 1. The van der Waals surface area contributed by atoms with Crippen molar-refractivity contribution < 1.29 is 0 Å². The highest BCUT2D eigenvalue weighted by molar-refractivity contribution is 8.18. The summed E-state index contributed by atoms with van der Waals surface area (Å²) in [6.45, 7) is 6.01. The molecule has 0 unspecified atom stereocenters. The fourth-order valence-corrected chi connectivity index (χ4v) is 1.22. The zero-order valence-electron chi connectivity index (χ0n) is 5.76. The van der Waals surface area contributed by atoms with E-state index in [1.807, 2.05) is 4.90 Å². The van der Waals surface area contributed by atoms with Crippen LogP contribution in [0.2, 0.25) is 0 Å². The molecule has 1 radical (unpaired) electrons. The summed E-state index contributed by atoms with van der Waals surface area (Å²) in [6.07, 6.45) is 0. The highest BCUT2D eigenvalue weighted by atomic mass is 32.2. The van der Waals surface area contributed by atoms with Crippen LogP contribution in [-0.2, 0) is 12.2 Å². The highest BCUT2D eigenvalue weighted by Gasteiger charge is 2.14. The molecule has 0 heterocycles. The van der Waals surface area contributed by atoms with Crippen LogP contribution in [0.5, 0.6) is 0 Å². The summed E-state index contributed by atoms with van der Waals surface area (Å²) in [7, 11) is 0. The van der Waals surface area contributed by atoms with Crippen molar-refractivity contribution in [3.05, 3.63) is 0 Å². The molecule has 53 valence electrons. The van der Waals surface area contributed by atoms with Gasteiger partial charge in [-0.25, -0.2) is 0 Å². The van der Waals surface area contributed by atoms with Crippen molar-refractivity contribution in [3.8, 4) is 0 Å². The Bertz CT molecular complexity index is 91.0. The molecule has 0 atom stereocenters. The molecule has 0 aliphatic heterocycles. The lowest BCUT2D eigenvalue weighted by atomic mass is 10.6. The van der Waals surface area contributed by atoms with Gasteiger partial charge in [-0.15, -0.1) is 0 Å². The van der Waals surface area contributed by atoms with Crippen LogP contribution >= 0.6 is 11.9 Å². The van der Waals surface area contributed by atoms with Crippen molar-refractivity contribution >= 4 is 28.5 Å². The van der Waals surface area contributed by atoms with Gasteiger partial charge in [-0.1, -0.05) is 0 Å². The molecule has 0 spiro atoms. The third kappa shape index (κ3) is 3.03. The number of hydrogen-bond acceptors (Lipinski definition) is 3.